The van der Waals surface area contributed by atoms with Gasteiger partial charge in [-0.2, -0.15) is 23.5 Å². The van der Waals surface area contributed by atoms with E-state index in [-0.39, 0.29) is 19.8 Å². The van der Waals surface area contributed by atoms with Crippen LogP contribution in [0.1, 0.15) is 23.0 Å². The highest BCUT2D eigenvalue weighted by molar-refractivity contribution is 5.90. The Morgan fingerprint density at radius 3 is 2.75 bits per heavy atom. The number of hydrogen-bond acceptors (Lipinski definition) is 5. The summed E-state index contributed by atoms with van der Waals surface area (Å²) in [6, 6.07) is 1.85. The Labute approximate surface area is 113 Å². The first-order chi connectivity index (χ1) is 9.29. The van der Waals surface area contributed by atoms with E-state index in [1.807, 2.05) is 6.07 Å². The molecular formula is C11H13F3N4O2. The number of nitriles is 1. The van der Waals surface area contributed by atoms with Crippen LogP contribution >= 0.6 is 0 Å². The van der Waals surface area contributed by atoms with Gasteiger partial charge in [-0.25, -0.2) is 4.79 Å². The number of halogens is 3. The van der Waals surface area contributed by atoms with Gasteiger partial charge in [-0.3, -0.25) is 9.58 Å². The standard InChI is InChI=1S/C11H13F3N4O2/c1-3-20-10(19)8-6-18(7-17(2)5-4-15)16-9(8)11(12,13)14/h6H,3,5,7H2,1-2H3. The van der Waals surface area contributed by atoms with Crippen molar-refractivity contribution in [3.63, 3.8) is 0 Å². The Balaban J connectivity index is 3.07. The van der Waals surface area contributed by atoms with Crippen LogP contribution in [0.4, 0.5) is 13.2 Å². The van der Waals surface area contributed by atoms with E-state index in [2.05, 4.69) is 9.84 Å². The van der Waals surface area contributed by atoms with Crippen molar-refractivity contribution in [1.29, 1.82) is 5.26 Å². The van der Waals surface area contributed by atoms with Crippen LogP contribution in [0.2, 0.25) is 0 Å². The molecule has 0 N–H and O–H groups in total. The maximum atomic E-state index is 12.8. The molecule has 0 radical (unpaired) electrons. The molecule has 20 heavy (non-hydrogen) atoms. The molecule has 0 aliphatic rings. The third kappa shape index (κ3) is 3.96. The van der Waals surface area contributed by atoms with E-state index in [1.54, 1.807) is 7.05 Å². The van der Waals surface area contributed by atoms with Crippen molar-refractivity contribution < 1.29 is 22.7 Å². The topological polar surface area (TPSA) is 71.2 Å². The lowest BCUT2D eigenvalue weighted by Crippen LogP contribution is -2.23. The van der Waals surface area contributed by atoms with Gasteiger partial charge in [-0.15, -0.1) is 0 Å². The highest BCUT2D eigenvalue weighted by Gasteiger charge is 2.39. The average Bonchev–Trinajstić information content (AvgIpc) is 2.73. The number of alkyl halides is 3. The van der Waals surface area contributed by atoms with Gasteiger partial charge in [0.25, 0.3) is 0 Å². The fourth-order valence-electron chi connectivity index (χ4n) is 1.48. The van der Waals surface area contributed by atoms with Crippen molar-refractivity contribution in [2.75, 3.05) is 20.2 Å². The highest BCUT2D eigenvalue weighted by atomic mass is 19.4. The lowest BCUT2D eigenvalue weighted by Gasteiger charge is -2.11. The number of carbonyl (C=O) groups is 1. The van der Waals surface area contributed by atoms with Crippen molar-refractivity contribution >= 4 is 5.97 Å². The summed E-state index contributed by atoms with van der Waals surface area (Å²) in [5.74, 6) is -1.07. The van der Waals surface area contributed by atoms with E-state index in [0.717, 1.165) is 10.9 Å². The normalized spacial score (nSPS) is 11.4. The van der Waals surface area contributed by atoms with Crippen molar-refractivity contribution in [3.8, 4) is 6.07 Å². The van der Waals surface area contributed by atoms with Crippen molar-refractivity contribution in [2.45, 2.75) is 19.8 Å². The zero-order valence-corrected chi connectivity index (χ0v) is 10.9. The van der Waals surface area contributed by atoms with Crippen molar-refractivity contribution in [2.24, 2.45) is 0 Å². The quantitative estimate of drug-likeness (QED) is 0.607. The van der Waals surface area contributed by atoms with Crippen molar-refractivity contribution in [3.05, 3.63) is 17.5 Å². The molecule has 1 aromatic rings. The molecule has 0 saturated heterocycles. The van der Waals surface area contributed by atoms with Gasteiger partial charge in [0.2, 0.25) is 0 Å². The van der Waals surface area contributed by atoms with Gasteiger partial charge in [0.1, 0.15) is 5.56 Å². The monoisotopic (exact) mass is 290 g/mol. The van der Waals surface area contributed by atoms with Crippen LogP contribution < -0.4 is 0 Å². The summed E-state index contributed by atoms with van der Waals surface area (Å²) in [6.07, 6.45) is -3.78. The van der Waals surface area contributed by atoms with Gasteiger partial charge in [0, 0.05) is 6.20 Å². The number of nitrogens with zero attached hydrogens (tertiary/aromatic N) is 4. The summed E-state index contributed by atoms with van der Waals surface area (Å²) < 4.78 is 43.9. The van der Waals surface area contributed by atoms with Crippen LogP contribution in [0.15, 0.2) is 6.20 Å². The molecule has 0 fully saturated rings. The largest absolute Gasteiger partial charge is 0.462 e. The predicted octanol–water partition coefficient (Wildman–Crippen LogP) is 1.49. The number of hydrogen-bond donors (Lipinski definition) is 0. The minimum absolute atomic E-state index is 0.0238. The lowest BCUT2D eigenvalue weighted by atomic mass is 10.2. The number of rotatable bonds is 5. The van der Waals surface area contributed by atoms with Gasteiger partial charge in [0.15, 0.2) is 5.69 Å². The maximum Gasteiger partial charge on any atom is 0.436 e. The molecule has 6 nitrogen and oxygen atoms in total. The predicted molar refractivity (Wildman–Crippen MR) is 61.4 cm³/mol. The molecule has 0 bridgehead atoms. The second-order valence-corrected chi connectivity index (χ2v) is 3.96. The summed E-state index contributed by atoms with van der Waals surface area (Å²) in [6.45, 7) is 1.44. The average molecular weight is 290 g/mol. The molecule has 0 unspecified atom stereocenters. The number of esters is 1. The van der Waals surface area contributed by atoms with Crippen LogP contribution in [0.5, 0.6) is 0 Å². The van der Waals surface area contributed by atoms with E-state index >= 15 is 0 Å². The summed E-state index contributed by atoms with van der Waals surface area (Å²) in [4.78, 5) is 12.9. The molecule has 0 spiro atoms. The summed E-state index contributed by atoms with van der Waals surface area (Å²) in [5, 5.41) is 11.8. The van der Waals surface area contributed by atoms with Gasteiger partial charge >= 0.3 is 12.1 Å². The van der Waals surface area contributed by atoms with Crippen LogP contribution in [0, 0.1) is 11.3 Å². The van der Waals surface area contributed by atoms with E-state index in [0.29, 0.717) is 0 Å². The minimum Gasteiger partial charge on any atom is -0.462 e. The SMILES string of the molecule is CCOC(=O)c1cn(CN(C)CC#N)nc1C(F)(F)F. The van der Waals surface area contributed by atoms with Crippen LogP contribution in [0.3, 0.4) is 0 Å². The third-order valence-corrected chi connectivity index (χ3v) is 2.25. The first-order valence-electron chi connectivity index (χ1n) is 5.66. The Morgan fingerprint density at radius 1 is 1.60 bits per heavy atom. The fraction of sp³-hybridized carbons (Fsp3) is 0.545. The zero-order valence-electron chi connectivity index (χ0n) is 10.9. The van der Waals surface area contributed by atoms with Crippen LogP contribution in [-0.4, -0.2) is 40.8 Å². The molecule has 9 heteroatoms. The molecule has 1 aromatic heterocycles. The van der Waals surface area contributed by atoms with Crippen molar-refractivity contribution in [1.82, 2.24) is 14.7 Å². The summed E-state index contributed by atoms with van der Waals surface area (Å²) in [5.41, 5.74) is -1.92. The number of aromatic nitrogens is 2. The van der Waals surface area contributed by atoms with Gasteiger partial charge < -0.3 is 4.74 Å². The maximum absolute atomic E-state index is 12.8. The second-order valence-electron chi connectivity index (χ2n) is 3.96. The Bertz CT molecular complexity index is 519. The highest BCUT2D eigenvalue weighted by Crippen LogP contribution is 2.31. The molecule has 0 aromatic carbocycles. The van der Waals surface area contributed by atoms with E-state index in [4.69, 9.17) is 5.26 Å². The molecule has 1 rings (SSSR count). The molecule has 1 heterocycles. The molecule has 0 aliphatic heterocycles. The van der Waals surface area contributed by atoms with E-state index in [9.17, 15) is 18.0 Å². The summed E-state index contributed by atoms with van der Waals surface area (Å²) in [7, 11) is 1.54. The van der Waals surface area contributed by atoms with E-state index < -0.39 is 23.4 Å². The van der Waals surface area contributed by atoms with E-state index in [1.165, 1.54) is 11.8 Å². The third-order valence-electron chi connectivity index (χ3n) is 2.25. The molecule has 0 aliphatic carbocycles. The molecule has 0 saturated carbocycles. The minimum atomic E-state index is -4.75. The van der Waals surface area contributed by atoms with Gasteiger partial charge in [-0.1, -0.05) is 0 Å². The Morgan fingerprint density at radius 2 is 2.25 bits per heavy atom. The molecule has 0 atom stereocenters. The lowest BCUT2D eigenvalue weighted by molar-refractivity contribution is -0.142. The first kappa shape index (κ1) is 16.0. The molecular weight excluding hydrogens is 277 g/mol. The molecule has 0 amide bonds. The van der Waals surface area contributed by atoms with Gasteiger partial charge in [-0.05, 0) is 14.0 Å². The Kier molecular flexibility index (Phi) is 5.10. The smallest absolute Gasteiger partial charge is 0.436 e. The molecule has 110 valence electrons. The zero-order chi connectivity index (χ0) is 15.3. The summed E-state index contributed by atoms with van der Waals surface area (Å²) >= 11 is 0. The fourth-order valence-corrected chi connectivity index (χ4v) is 1.48. The first-order valence-corrected chi connectivity index (χ1v) is 5.66. The van der Waals surface area contributed by atoms with Crippen LogP contribution in [-0.2, 0) is 17.6 Å². The van der Waals surface area contributed by atoms with Gasteiger partial charge in [0.05, 0.1) is 25.9 Å². The number of ether oxygens (including phenoxy) is 1. The van der Waals surface area contributed by atoms with Crippen LogP contribution in [0.25, 0.3) is 0 Å². The second kappa shape index (κ2) is 6.38. The Hall–Kier alpha value is -2.08. The number of carbonyl (C=O) groups excluding carboxylic acids is 1.